The molecule has 4 N–H and O–H groups in total. The Morgan fingerprint density at radius 3 is 2.63 bits per heavy atom. The van der Waals surface area contributed by atoms with Gasteiger partial charge in [0.05, 0.1) is 11.0 Å². The van der Waals surface area contributed by atoms with Crippen LogP contribution in [0.15, 0.2) is 23.0 Å². The van der Waals surface area contributed by atoms with Crippen LogP contribution in [-0.2, 0) is 16.6 Å². The number of carbonyl (C=O) groups is 2. The number of carbonyl (C=O) groups excluding carboxylic acids is 2. The third-order valence-corrected chi connectivity index (χ3v) is 5.57. The molecule has 9 heteroatoms. The Hall–Kier alpha value is -2.65. The van der Waals surface area contributed by atoms with Crippen LogP contribution in [0.4, 0.5) is 5.69 Å². The lowest BCUT2D eigenvalue weighted by atomic mass is 9.87. The number of nitrogens with two attached hydrogens (primary N) is 1. The van der Waals surface area contributed by atoms with Crippen LogP contribution < -0.4 is 16.7 Å². The molecule has 1 aromatic carbocycles. The van der Waals surface area contributed by atoms with Crippen molar-refractivity contribution in [2.24, 2.45) is 12.8 Å². The van der Waals surface area contributed by atoms with Gasteiger partial charge in [-0.15, -0.1) is 0 Å². The van der Waals surface area contributed by atoms with Gasteiger partial charge in [0.1, 0.15) is 12.8 Å². The van der Waals surface area contributed by atoms with Gasteiger partial charge >= 0.3 is 5.69 Å². The summed E-state index contributed by atoms with van der Waals surface area (Å²) >= 11 is 0. The van der Waals surface area contributed by atoms with Gasteiger partial charge < -0.3 is 16.2 Å². The smallest absolute Gasteiger partial charge is 0.329 e. The fourth-order valence-corrected chi connectivity index (χ4v) is 3.98. The minimum atomic E-state index is -0.797. The second-order valence-corrected chi connectivity index (χ2v) is 7.34. The first-order valence-electron chi connectivity index (χ1n) is 9.09. The Labute approximate surface area is 155 Å². The van der Waals surface area contributed by atoms with Crippen molar-refractivity contribution < 1.29 is 14.7 Å². The van der Waals surface area contributed by atoms with Crippen LogP contribution in [0.25, 0.3) is 11.0 Å². The van der Waals surface area contributed by atoms with Crippen LogP contribution in [0.3, 0.4) is 0 Å². The van der Waals surface area contributed by atoms with E-state index in [1.807, 2.05) is 18.2 Å². The summed E-state index contributed by atoms with van der Waals surface area (Å²) in [5.41, 5.74) is 7.73. The molecule has 1 unspecified atom stereocenters. The predicted molar refractivity (Wildman–Crippen MR) is 99.0 cm³/mol. The van der Waals surface area contributed by atoms with Crippen LogP contribution in [0.5, 0.6) is 0 Å². The van der Waals surface area contributed by atoms with Crippen molar-refractivity contribution in [2.45, 2.75) is 43.8 Å². The lowest BCUT2D eigenvalue weighted by Crippen LogP contribution is -2.48. The van der Waals surface area contributed by atoms with E-state index in [1.165, 1.54) is 9.13 Å². The average molecular weight is 373 g/mol. The third kappa shape index (κ3) is 2.83. The Balaban J connectivity index is 1.71. The number of likely N-dealkylation sites (tertiary alicyclic amines) is 1. The Kier molecular flexibility index (Phi) is 4.27. The second kappa shape index (κ2) is 6.50. The number of imidazole rings is 1. The molecule has 9 nitrogen and oxygen atoms in total. The lowest BCUT2D eigenvalue weighted by molar-refractivity contribution is -0.155. The maximum absolute atomic E-state index is 12.8. The number of nitrogens with zero attached hydrogens (tertiary/aromatic N) is 3. The van der Waals surface area contributed by atoms with Crippen molar-refractivity contribution in [3.63, 3.8) is 0 Å². The molecular formula is C18H23N5O4. The van der Waals surface area contributed by atoms with Crippen molar-refractivity contribution in [2.75, 3.05) is 12.0 Å². The van der Waals surface area contributed by atoms with Crippen LogP contribution in [-0.4, -0.2) is 49.8 Å². The molecule has 2 aromatic rings. The van der Waals surface area contributed by atoms with Crippen LogP contribution in [0.1, 0.15) is 31.7 Å². The number of aliphatic hydroxyl groups is 1. The van der Waals surface area contributed by atoms with Crippen molar-refractivity contribution in [1.29, 1.82) is 0 Å². The van der Waals surface area contributed by atoms with Crippen molar-refractivity contribution in [1.82, 2.24) is 14.0 Å². The number of nitrogens with one attached hydrogen (secondary N) is 1. The van der Waals surface area contributed by atoms with E-state index in [4.69, 9.17) is 5.73 Å². The van der Waals surface area contributed by atoms with Gasteiger partial charge in [0.2, 0.25) is 5.91 Å². The standard InChI is InChI=1S/C18H23N5O4/c1-21-15-8-11(20-12-6-10(19)7-12)2-3-13(15)23(18(21)27)14-4-5-16(25)22(9-24)17(14)26/h2-3,8,10,12,14,20,24H,4-7,9,19H2,1H3. The fraction of sp³-hybridized carbons (Fsp3) is 0.500. The Bertz CT molecular complexity index is 972. The number of rotatable bonds is 4. The number of anilines is 1. The highest BCUT2D eigenvalue weighted by molar-refractivity contribution is 6.00. The minimum Gasteiger partial charge on any atom is -0.382 e. The van der Waals surface area contributed by atoms with E-state index < -0.39 is 24.6 Å². The SMILES string of the molecule is Cn1c(=O)n(C2CCC(=O)N(CO)C2=O)c2ccc(NC3CC(N)C3)cc21. The molecule has 27 heavy (non-hydrogen) atoms. The summed E-state index contributed by atoms with van der Waals surface area (Å²) < 4.78 is 2.93. The molecule has 2 amide bonds. The van der Waals surface area contributed by atoms with E-state index in [2.05, 4.69) is 5.32 Å². The molecule has 1 aliphatic carbocycles. The first-order chi connectivity index (χ1) is 12.9. The summed E-state index contributed by atoms with van der Waals surface area (Å²) in [6.07, 6.45) is 2.19. The lowest BCUT2D eigenvalue weighted by Gasteiger charge is -2.33. The number of hydrogen-bond acceptors (Lipinski definition) is 6. The number of fused-ring (bicyclic) bond motifs is 1. The molecule has 2 heterocycles. The molecule has 1 aromatic heterocycles. The molecule has 1 saturated carbocycles. The van der Waals surface area contributed by atoms with Crippen LogP contribution >= 0.6 is 0 Å². The quantitative estimate of drug-likeness (QED) is 0.642. The molecule has 4 rings (SSSR count). The monoisotopic (exact) mass is 373 g/mol. The maximum atomic E-state index is 12.8. The first-order valence-corrected chi connectivity index (χ1v) is 9.09. The molecule has 0 spiro atoms. The van der Waals surface area contributed by atoms with Crippen molar-refractivity contribution >= 4 is 28.5 Å². The van der Waals surface area contributed by atoms with Crippen LogP contribution in [0.2, 0.25) is 0 Å². The van der Waals surface area contributed by atoms with Crippen LogP contribution in [0, 0.1) is 0 Å². The zero-order valence-electron chi connectivity index (χ0n) is 15.1. The van der Waals surface area contributed by atoms with Gasteiger partial charge in [0.15, 0.2) is 0 Å². The molecule has 144 valence electrons. The van der Waals surface area contributed by atoms with Crippen molar-refractivity contribution in [3.05, 3.63) is 28.7 Å². The normalized spacial score (nSPS) is 25.7. The third-order valence-electron chi connectivity index (χ3n) is 5.57. The summed E-state index contributed by atoms with van der Waals surface area (Å²) in [6.45, 7) is -0.675. The Morgan fingerprint density at radius 1 is 1.22 bits per heavy atom. The van der Waals surface area contributed by atoms with Crippen molar-refractivity contribution in [3.8, 4) is 0 Å². The van der Waals surface area contributed by atoms with Gasteiger partial charge in [-0.2, -0.15) is 0 Å². The summed E-state index contributed by atoms with van der Waals surface area (Å²) in [6, 6.07) is 5.36. The number of benzene rings is 1. The summed E-state index contributed by atoms with van der Waals surface area (Å²) in [5, 5.41) is 12.7. The Morgan fingerprint density at radius 2 is 1.96 bits per heavy atom. The number of piperidine rings is 1. The number of aromatic nitrogens is 2. The van der Waals surface area contributed by atoms with E-state index in [1.54, 1.807) is 7.05 Å². The topological polar surface area (TPSA) is 123 Å². The van der Waals surface area contributed by atoms with E-state index in [9.17, 15) is 19.5 Å². The maximum Gasteiger partial charge on any atom is 0.329 e. The molecule has 1 aliphatic heterocycles. The molecule has 2 fully saturated rings. The minimum absolute atomic E-state index is 0.112. The zero-order valence-corrected chi connectivity index (χ0v) is 15.1. The molecule has 2 aliphatic rings. The second-order valence-electron chi connectivity index (χ2n) is 7.34. The van der Waals surface area contributed by atoms with E-state index >= 15 is 0 Å². The number of aliphatic hydroxyl groups excluding tert-OH is 1. The number of amides is 2. The summed E-state index contributed by atoms with van der Waals surface area (Å²) in [7, 11) is 1.66. The fourth-order valence-electron chi connectivity index (χ4n) is 3.98. The van der Waals surface area contributed by atoms with Gasteiger partial charge in [-0.05, 0) is 37.5 Å². The highest BCUT2D eigenvalue weighted by Gasteiger charge is 2.37. The molecule has 1 saturated heterocycles. The van der Waals surface area contributed by atoms with Gasteiger partial charge in [-0.25, -0.2) is 4.79 Å². The predicted octanol–water partition coefficient (Wildman–Crippen LogP) is -0.118. The highest BCUT2D eigenvalue weighted by atomic mass is 16.3. The van der Waals surface area contributed by atoms with Gasteiger partial charge in [-0.1, -0.05) is 0 Å². The summed E-state index contributed by atoms with van der Waals surface area (Å²) in [5.74, 6) is -0.966. The van der Waals surface area contributed by atoms with E-state index in [-0.39, 0.29) is 24.6 Å². The molecule has 0 radical (unpaired) electrons. The zero-order chi connectivity index (χ0) is 19.3. The number of hydrogen-bond donors (Lipinski definition) is 3. The molecule has 1 atom stereocenters. The average Bonchev–Trinajstić information content (AvgIpc) is 2.86. The molecular weight excluding hydrogens is 350 g/mol. The number of aryl methyl sites for hydroxylation is 1. The van der Waals surface area contributed by atoms with Gasteiger partial charge in [0.25, 0.3) is 5.91 Å². The van der Waals surface area contributed by atoms with Gasteiger partial charge in [-0.3, -0.25) is 23.6 Å². The van der Waals surface area contributed by atoms with E-state index in [0.717, 1.165) is 23.4 Å². The van der Waals surface area contributed by atoms with E-state index in [0.29, 0.717) is 17.1 Å². The first kappa shape index (κ1) is 17.7. The summed E-state index contributed by atoms with van der Waals surface area (Å²) in [4.78, 5) is 38.0. The number of imide groups is 1. The largest absolute Gasteiger partial charge is 0.382 e. The molecule has 0 bridgehead atoms. The van der Waals surface area contributed by atoms with Gasteiger partial charge in [0, 0.05) is 31.2 Å². The highest BCUT2D eigenvalue weighted by Crippen LogP contribution is 2.29.